The van der Waals surface area contributed by atoms with Crippen molar-refractivity contribution in [1.82, 2.24) is 4.90 Å². The second-order valence-electron chi connectivity index (χ2n) is 8.10. The zero-order valence-electron chi connectivity index (χ0n) is 17.0. The Morgan fingerprint density at radius 2 is 1.90 bits per heavy atom. The predicted octanol–water partition coefficient (Wildman–Crippen LogP) is 4.71. The number of halogens is 1. The summed E-state index contributed by atoms with van der Waals surface area (Å²) in [5, 5.41) is 2.91. The van der Waals surface area contributed by atoms with Crippen LogP contribution >= 0.6 is 11.8 Å². The zero-order valence-corrected chi connectivity index (χ0v) is 17.8. The molecule has 2 aromatic rings. The Morgan fingerprint density at radius 1 is 1.21 bits per heavy atom. The number of amides is 3. The van der Waals surface area contributed by atoms with E-state index in [4.69, 9.17) is 0 Å². The molecular formula is C22H24FN3O2S. The van der Waals surface area contributed by atoms with Crippen molar-refractivity contribution >= 4 is 35.1 Å². The molecule has 1 N–H and O–H groups in total. The number of nitrogens with one attached hydrogen (secondary N) is 1. The number of hydrogen-bond acceptors (Lipinski definition) is 3. The van der Waals surface area contributed by atoms with Gasteiger partial charge in [-0.25, -0.2) is 9.18 Å². The fourth-order valence-corrected chi connectivity index (χ4v) is 5.84. The summed E-state index contributed by atoms with van der Waals surface area (Å²) in [5.74, 6) is -0.617. The van der Waals surface area contributed by atoms with E-state index in [-0.39, 0.29) is 16.7 Å². The van der Waals surface area contributed by atoms with Crippen LogP contribution in [0.1, 0.15) is 31.9 Å². The van der Waals surface area contributed by atoms with Gasteiger partial charge in [0.2, 0.25) is 0 Å². The molecule has 3 amide bonds. The van der Waals surface area contributed by atoms with Gasteiger partial charge >= 0.3 is 6.03 Å². The number of nitrogens with zero attached hydrogens (tertiary/aromatic N) is 2. The highest BCUT2D eigenvalue weighted by Crippen LogP contribution is 2.59. The van der Waals surface area contributed by atoms with Crippen LogP contribution in [0.25, 0.3) is 0 Å². The number of likely N-dealkylation sites (N-methyl/N-ethyl adjacent to an activating group) is 1. The summed E-state index contributed by atoms with van der Waals surface area (Å²) >= 11 is 1.41. The Balaban J connectivity index is 1.80. The molecule has 2 aliphatic heterocycles. The number of aryl methyl sites for hydroxylation is 1. The van der Waals surface area contributed by atoms with E-state index in [1.165, 1.54) is 23.9 Å². The smallest absolute Gasteiger partial charge is 0.309 e. The van der Waals surface area contributed by atoms with Crippen LogP contribution in [-0.2, 0) is 9.67 Å². The predicted molar refractivity (Wildman–Crippen MR) is 115 cm³/mol. The minimum Gasteiger partial charge on any atom is -0.309 e. The van der Waals surface area contributed by atoms with Gasteiger partial charge in [-0.3, -0.25) is 9.69 Å². The number of urea groups is 1. The van der Waals surface area contributed by atoms with Gasteiger partial charge < -0.3 is 10.2 Å². The number of carbonyl (C=O) groups excluding carboxylic acids is 2. The third-order valence-corrected chi connectivity index (χ3v) is 6.95. The fraction of sp³-hybridized carbons (Fsp3) is 0.364. The Morgan fingerprint density at radius 3 is 2.55 bits per heavy atom. The molecule has 1 fully saturated rings. The van der Waals surface area contributed by atoms with Crippen LogP contribution in [0.2, 0.25) is 0 Å². The molecular weight excluding hydrogens is 389 g/mol. The normalized spacial score (nSPS) is 22.3. The third kappa shape index (κ3) is 3.08. The van der Waals surface area contributed by atoms with Crippen LogP contribution in [0.15, 0.2) is 42.5 Å². The fourth-order valence-electron chi connectivity index (χ4n) is 4.12. The second-order valence-corrected chi connectivity index (χ2v) is 10.00. The van der Waals surface area contributed by atoms with Gasteiger partial charge in [0.15, 0.2) is 4.87 Å². The largest absolute Gasteiger partial charge is 0.323 e. The van der Waals surface area contributed by atoms with Crippen LogP contribution in [0.5, 0.6) is 0 Å². The molecule has 1 saturated heterocycles. The molecule has 0 bridgehead atoms. The Bertz CT molecular complexity index is 992. The van der Waals surface area contributed by atoms with E-state index in [1.54, 1.807) is 15.9 Å². The van der Waals surface area contributed by atoms with E-state index in [0.717, 1.165) is 5.56 Å². The van der Waals surface area contributed by atoms with Crippen molar-refractivity contribution in [2.45, 2.75) is 37.3 Å². The van der Waals surface area contributed by atoms with E-state index < -0.39 is 10.7 Å². The first-order valence-electron chi connectivity index (χ1n) is 9.65. The average molecular weight is 414 g/mol. The van der Waals surface area contributed by atoms with Crippen LogP contribution in [0.4, 0.5) is 20.6 Å². The van der Waals surface area contributed by atoms with Crippen molar-refractivity contribution in [3.8, 4) is 0 Å². The van der Waals surface area contributed by atoms with E-state index in [2.05, 4.69) is 5.32 Å². The van der Waals surface area contributed by atoms with E-state index in [1.807, 2.05) is 52.0 Å². The monoisotopic (exact) mass is 413 g/mol. The highest BCUT2D eigenvalue weighted by molar-refractivity contribution is 8.02. The number of anilines is 2. The van der Waals surface area contributed by atoms with Crippen LogP contribution in [0.3, 0.4) is 0 Å². The van der Waals surface area contributed by atoms with E-state index in [0.29, 0.717) is 30.0 Å². The van der Waals surface area contributed by atoms with Gasteiger partial charge in [-0.1, -0.05) is 17.7 Å². The van der Waals surface area contributed by atoms with Gasteiger partial charge in [-0.05, 0) is 58.0 Å². The molecule has 0 radical (unpaired) electrons. The van der Waals surface area contributed by atoms with Gasteiger partial charge in [-0.2, -0.15) is 0 Å². The summed E-state index contributed by atoms with van der Waals surface area (Å²) in [6.07, 6.45) is 0. The summed E-state index contributed by atoms with van der Waals surface area (Å²) in [5.41, 5.74) is 2.95. The standard InChI is InChI=1S/C22H24FN3O2S/c1-5-25-18-11-8-15(23)12-17(18)22(19(25)27)26(13-21(3,4)29-22)20(28)24-16-9-6-14(2)7-10-16/h6-12H,5,13H2,1-4H3,(H,24,28)/t22-/m1/s1. The van der Waals surface area contributed by atoms with Gasteiger partial charge in [0.1, 0.15) is 5.82 Å². The van der Waals surface area contributed by atoms with Crippen LogP contribution < -0.4 is 10.2 Å². The quantitative estimate of drug-likeness (QED) is 0.776. The minimum absolute atomic E-state index is 0.199. The number of thioether (sulfide) groups is 1. The Hall–Kier alpha value is -2.54. The maximum Gasteiger partial charge on any atom is 0.323 e. The lowest BCUT2D eigenvalue weighted by Crippen LogP contribution is -2.51. The Kier molecular flexibility index (Phi) is 4.61. The minimum atomic E-state index is -1.27. The molecule has 0 unspecified atom stereocenters. The maximum absolute atomic E-state index is 14.2. The lowest BCUT2D eigenvalue weighted by Gasteiger charge is -2.33. The maximum atomic E-state index is 14.2. The van der Waals surface area contributed by atoms with E-state index in [9.17, 15) is 14.0 Å². The summed E-state index contributed by atoms with van der Waals surface area (Å²) in [4.78, 5) is 28.8. The molecule has 7 heteroatoms. The zero-order chi connectivity index (χ0) is 21.0. The highest BCUT2D eigenvalue weighted by Gasteiger charge is 2.63. The first-order valence-corrected chi connectivity index (χ1v) is 10.5. The molecule has 0 aromatic heterocycles. The lowest BCUT2D eigenvalue weighted by atomic mass is 10.0. The molecule has 29 heavy (non-hydrogen) atoms. The number of rotatable bonds is 2. The molecule has 5 nitrogen and oxygen atoms in total. The van der Waals surface area contributed by atoms with E-state index >= 15 is 0 Å². The number of fused-ring (bicyclic) bond motifs is 2. The molecule has 0 aliphatic carbocycles. The first-order chi connectivity index (χ1) is 13.7. The van der Waals surface area contributed by atoms with Crippen LogP contribution in [0, 0.1) is 12.7 Å². The SMILES string of the molecule is CCN1C(=O)[C@]2(SC(C)(C)CN2C(=O)Nc2ccc(C)cc2)c2cc(F)ccc21. The summed E-state index contributed by atoms with van der Waals surface area (Å²) in [6, 6.07) is 11.5. The third-order valence-electron chi connectivity index (χ3n) is 5.36. The van der Waals surface area contributed by atoms with Crippen molar-refractivity contribution in [3.05, 3.63) is 59.4 Å². The molecule has 4 rings (SSSR count). The topological polar surface area (TPSA) is 52.7 Å². The average Bonchev–Trinajstić information content (AvgIpc) is 3.08. The number of carbonyl (C=O) groups is 2. The van der Waals surface area contributed by atoms with Crippen molar-refractivity contribution in [3.63, 3.8) is 0 Å². The number of benzene rings is 2. The van der Waals surface area contributed by atoms with Gasteiger partial charge in [-0.15, -0.1) is 11.8 Å². The molecule has 2 aromatic carbocycles. The molecule has 1 atom stereocenters. The molecule has 2 aliphatic rings. The van der Waals surface area contributed by atoms with Crippen molar-refractivity contribution < 1.29 is 14.0 Å². The van der Waals surface area contributed by atoms with Gasteiger partial charge in [0.05, 0.1) is 5.69 Å². The van der Waals surface area contributed by atoms with Crippen molar-refractivity contribution in [2.24, 2.45) is 0 Å². The molecule has 0 saturated carbocycles. The van der Waals surface area contributed by atoms with Crippen LogP contribution in [-0.4, -0.2) is 34.7 Å². The first kappa shape index (κ1) is 19.8. The molecule has 2 heterocycles. The highest BCUT2D eigenvalue weighted by atomic mass is 32.2. The number of hydrogen-bond donors (Lipinski definition) is 1. The second kappa shape index (κ2) is 6.76. The van der Waals surface area contributed by atoms with Crippen molar-refractivity contribution in [1.29, 1.82) is 0 Å². The molecule has 152 valence electrons. The Labute approximate surface area is 174 Å². The lowest BCUT2D eigenvalue weighted by molar-refractivity contribution is -0.123. The van der Waals surface area contributed by atoms with Crippen molar-refractivity contribution in [2.75, 3.05) is 23.3 Å². The summed E-state index contributed by atoms with van der Waals surface area (Å²) < 4.78 is 13.8. The van der Waals surface area contributed by atoms with Gasteiger partial charge in [0, 0.05) is 29.1 Å². The van der Waals surface area contributed by atoms with Gasteiger partial charge in [0.25, 0.3) is 5.91 Å². The molecule has 1 spiro atoms. The summed E-state index contributed by atoms with van der Waals surface area (Å²) in [7, 11) is 0. The summed E-state index contributed by atoms with van der Waals surface area (Å²) in [6.45, 7) is 8.68.